The number of rotatable bonds is 6. The lowest BCUT2D eigenvalue weighted by Crippen LogP contribution is -2.28. The summed E-state index contributed by atoms with van der Waals surface area (Å²) in [5.74, 6) is 4.31. The van der Waals surface area contributed by atoms with Crippen LogP contribution in [0.15, 0.2) is 40.9 Å². The molecule has 0 aliphatic heterocycles. The van der Waals surface area contributed by atoms with E-state index in [0.717, 1.165) is 35.6 Å². The SMILES string of the molecule is COc1cccc(-c2noc(C(C)NCC3CC4C=CC3C4)n2)c1. The topological polar surface area (TPSA) is 60.2 Å². The molecule has 4 unspecified atom stereocenters. The zero-order valence-electron chi connectivity index (χ0n) is 14.1. The Morgan fingerprint density at radius 3 is 3.00 bits per heavy atom. The van der Waals surface area contributed by atoms with E-state index in [0.29, 0.717) is 11.7 Å². The van der Waals surface area contributed by atoms with Gasteiger partial charge in [-0.2, -0.15) is 4.98 Å². The molecule has 1 aromatic carbocycles. The van der Waals surface area contributed by atoms with E-state index in [9.17, 15) is 0 Å². The number of hydrogen-bond acceptors (Lipinski definition) is 5. The maximum atomic E-state index is 5.45. The molecule has 5 nitrogen and oxygen atoms in total. The third kappa shape index (κ3) is 2.96. The van der Waals surface area contributed by atoms with Crippen LogP contribution in [0.3, 0.4) is 0 Å². The van der Waals surface area contributed by atoms with Gasteiger partial charge >= 0.3 is 0 Å². The van der Waals surface area contributed by atoms with Crippen molar-refractivity contribution in [3.8, 4) is 17.1 Å². The number of nitrogens with zero attached hydrogens (tertiary/aromatic N) is 2. The van der Waals surface area contributed by atoms with Crippen molar-refractivity contribution in [1.82, 2.24) is 15.5 Å². The van der Waals surface area contributed by atoms with Gasteiger partial charge in [-0.3, -0.25) is 0 Å². The highest BCUT2D eigenvalue weighted by Crippen LogP contribution is 2.43. The minimum absolute atomic E-state index is 0.0555. The van der Waals surface area contributed by atoms with Gasteiger partial charge in [0, 0.05) is 5.56 Å². The van der Waals surface area contributed by atoms with Crippen molar-refractivity contribution in [2.45, 2.75) is 25.8 Å². The minimum atomic E-state index is 0.0555. The smallest absolute Gasteiger partial charge is 0.243 e. The summed E-state index contributed by atoms with van der Waals surface area (Å²) in [7, 11) is 1.65. The van der Waals surface area contributed by atoms with E-state index in [1.165, 1.54) is 12.8 Å². The van der Waals surface area contributed by atoms with Crippen LogP contribution >= 0.6 is 0 Å². The van der Waals surface area contributed by atoms with Gasteiger partial charge in [-0.1, -0.05) is 29.4 Å². The van der Waals surface area contributed by atoms with Gasteiger partial charge < -0.3 is 14.6 Å². The van der Waals surface area contributed by atoms with E-state index in [4.69, 9.17) is 9.26 Å². The Hall–Kier alpha value is -2.14. The number of fused-ring (bicyclic) bond motifs is 2. The van der Waals surface area contributed by atoms with Gasteiger partial charge in [-0.15, -0.1) is 0 Å². The van der Waals surface area contributed by atoms with Crippen LogP contribution in [0, 0.1) is 17.8 Å². The summed E-state index contributed by atoms with van der Waals surface area (Å²) in [6, 6.07) is 7.75. The molecule has 0 spiro atoms. The maximum Gasteiger partial charge on any atom is 0.243 e. The molecular formula is C19H23N3O2. The van der Waals surface area contributed by atoms with Crippen molar-refractivity contribution in [3.63, 3.8) is 0 Å². The molecule has 4 atom stereocenters. The Morgan fingerprint density at radius 1 is 1.33 bits per heavy atom. The minimum Gasteiger partial charge on any atom is -0.497 e. The van der Waals surface area contributed by atoms with Crippen LogP contribution < -0.4 is 10.1 Å². The number of allylic oxidation sites excluding steroid dienone is 2. The molecule has 1 aromatic heterocycles. The van der Waals surface area contributed by atoms with Crippen LogP contribution in [-0.2, 0) is 0 Å². The van der Waals surface area contributed by atoms with Gasteiger partial charge in [-0.25, -0.2) is 0 Å². The van der Waals surface area contributed by atoms with Crippen LogP contribution in [0.2, 0.25) is 0 Å². The summed E-state index contributed by atoms with van der Waals surface area (Å²) in [6.45, 7) is 3.08. The van der Waals surface area contributed by atoms with E-state index in [2.05, 4.69) is 34.5 Å². The normalized spacial score (nSPS) is 26.0. The lowest BCUT2D eigenvalue weighted by atomic mass is 9.93. The lowest BCUT2D eigenvalue weighted by molar-refractivity contribution is 0.319. The Kier molecular flexibility index (Phi) is 4.10. The molecule has 1 N–H and O–H groups in total. The van der Waals surface area contributed by atoms with Crippen molar-refractivity contribution in [1.29, 1.82) is 0 Å². The van der Waals surface area contributed by atoms with Crippen LogP contribution in [0.4, 0.5) is 0 Å². The van der Waals surface area contributed by atoms with Crippen molar-refractivity contribution in [2.75, 3.05) is 13.7 Å². The number of ether oxygens (including phenoxy) is 1. The molecule has 2 aromatic rings. The maximum absolute atomic E-state index is 5.45. The summed E-state index contributed by atoms with van der Waals surface area (Å²) in [5, 5.41) is 7.67. The van der Waals surface area contributed by atoms with Gasteiger partial charge in [0.15, 0.2) is 0 Å². The lowest BCUT2D eigenvalue weighted by Gasteiger charge is -2.20. The molecule has 0 amide bonds. The Labute approximate surface area is 142 Å². The van der Waals surface area contributed by atoms with Crippen LogP contribution in [-0.4, -0.2) is 23.8 Å². The standard InChI is InChI=1S/C19H23N3O2/c1-12(20-11-16-9-13-6-7-14(16)8-13)19-21-18(22-24-19)15-4-3-5-17(10-15)23-2/h3-7,10,12-14,16,20H,8-9,11H2,1-2H3. The largest absolute Gasteiger partial charge is 0.497 e. The van der Waals surface area contributed by atoms with Gasteiger partial charge in [0.2, 0.25) is 11.7 Å². The number of nitrogens with one attached hydrogen (secondary N) is 1. The van der Waals surface area contributed by atoms with Gasteiger partial charge in [0.05, 0.1) is 13.2 Å². The molecule has 0 saturated heterocycles. The highest BCUT2D eigenvalue weighted by Gasteiger charge is 2.35. The van der Waals surface area contributed by atoms with Crippen LogP contribution in [0.5, 0.6) is 5.75 Å². The number of methoxy groups -OCH3 is 1. The average Bonchev–Trinajstić information content (AvgIpc) is 3.35. The summed E-state index contributed by atoms with van der Waals surface area (Å²) in [4.78, 5) is 4.54. The molecule has 24 heavy (non-hydrogen) atoms. The van der Waals surface area contributed by atoms with Gasteiger partial charge in [-0.05, 0) is 56.2 Å². The Balaban J connectivity index is 1.39. The quantitative estimate of drug-likeness (QED) is 0.822. The molecule has 2 aliphatic carbocycles. The monoisotopic (exact) mass is 325 g/mol. The fraction of sp³-hybridized carbons (Fsp3) is 0.474. The molecule has 0 radical (unpaired) electrons. The molecule has 126 valence electrons. The van der Waals surface area contributed by atoms with E-state index >= 15 is 0 Å². The second-order valence-corrected chi connectivity index (χ2v) is 6.86. The Bertz CT molecular complexity index is 740. The number of hydrogen-bond donors (Lipinski definition) is 1. The highest BCUT2D eigenvalue weighted by molar-refractivity contribution is 5.56. The first-order valence-corrected chi connectivity index (χ1v) is 8.62. The Morgan fingerprint density at radius 2 is 2.25 bits per heavy atom. The van der Waals surface area contributed by atoms with Gasteiger partial charge in [0.25, 0.3) is 0 Å². The van der Waals surface area contributed by atoms with Crippen LogP contribution in [0.25, 0.3) is 11.4 Å². The predicted octanol–water partition coefficient (Wildman–Crippen LogP) is 3.61. The van der Waals surface area contributed by atoms with Crippen molar-refractivity contribution >= 4 is 0 Å². The van der Waals surface area contributed by atoms with E-state index in [1.54, 1.807) is 7.11 Å². The predicted molar refractivity (Wildman–Crippen MR) is 91.5 cm³/mol. The highest BCUT2D eigenvalue weighted by atomic mass is 16.5. The zero-order chi connectivity index (χ0) is 16.5. The second-order valence-electron chi connectivity index (χ2n) is 6.86. The fourth-order valence-corrected chi connectivity index (χ4v) is 3.84. The van der Waals surface area contributed by atoms with Gasteiger partial charge in [0.1, 0.15) is 5.75 Å². The first kappa shape index (κ1) is 15.4. The molecular weight excluding hydrogens is 302 g/mol. The first-order chi connectivity index (χ1) is 11.7. The molecule has 2 bridgehead atoms. The summed E-state index contributed by atoms with van der Waals surface area (Å²) in [6.07, 6.45) is 7.41. The van der Waals surface area contributed by atoms with E-state index in [1.807, 2.05) is 24.3 Å². The van der Waals surface area contributed by atoms with Crippen molar-refractivity contribution in [2.24, 2.45) is 17.8 Å². The second kappa shape index (κ2) is 6.40. The molecule has 2 aliphatic rings. The third-order valence-electron chi connectivity index (χ3n) is 5.24. The van der Waals surface area contributed by atoms with Crippen molar-refractivity contribution in [3.05, 3.63) is 42.3 Å². The number of aromatic nitrogens is 2. The molecule has 1 saturated carbocycles. The molecule has 1 heterocycles. The van der Waals surface area contributed by atoms with E-state index in [-0.39, 0.29) is 6.04 Å². The third-order valence-corrected chi connectivity index (χ3v) is 5.24. The average molecular weight is 325 g/mol. The molecule has 5 heteroatoms. The number of benzene rings is 1. The summed E-state index contributed by atoms with van der Waals surface area (Å²) in [5.41, 5.74) is 0.898. The first-order valence-electron chi connectivity index (χ1n) is 8.62. The zero-order valence-corrected chi connectivity index (χ0v) is 14.1. The van der Waals surface area contributed by atoms with Crippen molar-refractivity contribution < 1.29 is 9.26 Å². The van der Waals surface area contributed by atoms with E-state index < -0.39 is 0 Å². The summed E-state index contributed by atoms with van der Waals surface area (Å²) >= 11 is 0. The molecule has 1 fully saturated rings. The molecule has 4 rings (SSSR count). The fourth-order valence-electron chi connectivity index (χ4n) is 3.84. The summed E-state index contributed by atoms with van der Waals surface area (Å²) < 4.78 is 10.7. The van der Waals surface area contributed by atoms with Crippen LogP contribution in [0.1, 0.15) is 31.7 Å².